The largest absolute Gasteiger partial charge is 0.456 e. The van der Waals surface area contributed by atoms with Crippen molar-refractivity contribution in [3.8, 4) is 17.2 Å². The highest BCUT2D eigenvalue weighted by atomic mass is 35.5. The molecule has 1 N–H and O–H groups in total. The Kier molecular flexibility index (Phi) is 4.90. The van der Waals surface area contributed by atoms with Crippen LogP contribution < -0.4 is 21.8 Å². The van der Waals surface area contributed by atoms with Gasteiger partial charge in [0.15, 0.2) is 0 Å². The van der Waals surface area contributed by atoms with Crippen LogP contribution >= 0.6 is 11.6 Å². The van der Waals surface area contributed by atoms with Gasteiger partial charge in [-0.1, -0.05) is 17.7 Å². The number of rotatable bonds is 3. The van der Waals surface area contributed by atoms with Crippen molar-refractivity contribution in [2.75, 3.05) is 0 Å². The van der Waals surface area contributed by atoms with Crippen LogP contribution in [0.5, 0.6) is 11.5 Å². The summed E-state index contributed by atoms with van der Waals surface area (Å²) in [6.07, 6.45) is -4.55. The van der Waals surface area contributed by atoms with Crippen molar-refractivity contribution in [3.63, 3.8) is 0 Å². The molecule has 1 aromatic heterocycles. The Morgan fingerprint density at radius 1 is 1.04 bits per heavy atom. The minimum Gasteiger partial charge on any atom is -0.456 e. The molecule has 0 aliphatic rings. The van der Waals surface area contributed by atoms with Gasteiger partial charge in [-0.3, -0.25) is 4.98 Å². The Bertz CT molecular complexity index is 1230. The third kappa shape index (κ3) is 3.72. The van der Waals surface area contributed by atoms with Crippen molar-refractivity contribution < 1.29 is 17.9 Å². The molecule has 0 radical (unpaired) electrons. The maximum absolute atomic E-state index is 12.7. The Morgan fingerprint density at radius 2 is 1.75 bits per heavy atom. The summed E-state index contributed by atoms with van der Waals surface area (Å²) in [7, 11) is 1.19. The van der Waals surface area contributed by atoms with Crippen molar-refractivity contribution in [2.45, 2.75) is 6.18 Å². The second-order valence-corrected chi connectivity index (χ2v) is 6.06. The molecule has 0 atom stereocenters. The Morgan fingerprint density at radius 3 is 2.39 bits per heavy atom. The minimum absolute atomic E-state index is 0.0477. The highest BCUT2D eigenvalue weighted by molar-refractivity contribution is 6.32. The van der Waals surface area contributed by atoms with Crippen molar-refractivity contribution in [1.82, 2.24) is 14.1 Å². The molecule has 0 unspecified atom stereocenters. The number of nitrogens with one attached hydrogen (secondary N) is 1. The molecule has 0 saturated carbocycles. The molecule has 0 aliphatic carbocycles. The molecule has 0 fully saturated rings. The first-order valence-electron chi connectivity index (χ1n) is 7.65. The number of aromatic nitrogens is 3. The summed E-state index contributed by atoms with van der Waals surface area (Å²) in [5.74, 6) is 0.0628. The van der Waals surface area contributed by atoms with Gasteiger partial charge in [0.05, 0.1) is 16.3 Å². The van der Waals surface area contributed by atoms with Crippen LogP contribution in [0, 0.1) is 0 Å². The summed E-state index contributed by atoms with van der Waals surface area (Å²) < 4.78 is 45.0. The highest BCUT2D eigenvalue weighted by Gasteiger charge is 2.31. The lowest BCUT2D eigenvalue weighted by atomic mass is 10.2. The zero-order valence-corrected chi connectivity index (χ0v) is 14.8. The fraction of sp³-hybridized carbons (Fsp3) is 0.118. The topological polar surface area (TPSA) is 86.1 Å². The third-order valence-corrected chi connectivity index (χ3v) is 4.06. The van der Waals surface area contributed by atoms with Gasteiger partial charge >= 0.3 is 23.2 Å². The number of hydrogen-bond acceptors (Lipinski definition) is 4. The number of ether oxygens (including phenoxy) is 1. The minimum atomic E-state index is -4.55. The molecular formula is C17H11ClF3N3O4. The second kappa shape index (κ2) is 7.04. The van der Waals surface area contributed by atoms with E-state index in [0.717, 1.165) is 18.2 Å². The molecular weight excluding hydrogens is 403 g/mol. The van der Waals surface area contributed by atoms with Crippen molar-refractivity contribution in [2.24, 2.45) is 7.05 Å². The number of aromatic amines is 1. The molecule has 0 amide bonds. The highest BCUT2D eigenvalue weighted by Crippen LogP contribution is 2.36. The van der Waals surface area contributed by atoms with Gasteiger partial charge in [0.1, 0.15) is 11.5 Å². The van der Waals surface area contributed by atoms with E-state index in [1.807, 2.05) is 4.98 Å². The van der Waals surface area contributed by atoms with Crippen LogP contribution in [0.1, 0.15) is 5.56 Å². The third-order valence-electron chi connectivity index (χ3n) is 3.76. The number of benzene rings is 2. The SMILES string of the molecule is Cn1c(=O)[nH]c(=O)n(-c2cccc(Oc3ccc(C(F)(F)F)cc3Cl)c2)c1=O. The van der Waals surface area contributed by atoms with Crippen molar-refractivity contribution in [1.29, 1.82) is 0 Å². The number of nitrogens with zero attached hydrogens (tertiary/aromatic N) is 2. The van der Waals surface area contributed by atoms with Crippen LogP contribution in [0.25, 0.3) is 5.69 Å². The van der Waals surface area contributed by atoms with Crippen LogP contribution in [0.4, 0.5) is 13.2 Å². The normalized spacial score (nSPS) is 11.5. The molecule has 28 heavy (non-hydrogen) atoms. The van der Waals surface area contributed by atoms with E-state index in [4.69, 9.17) is 16.3 Å². The van der Waals surface area contributed by atoms with Crippen LogP contribution in [-0.2, 0) is 13.2 Å². The summed E-state index contributed by atoms with van der Waals surface area (Å²) >= 11 is 5.86. The zero-order valence-electron chi connectivity index (χ0n) is 14.1. The molecule has 11 heteroatoms. The molecule has 0 spiro atoms. The van der Waals surface area contributed by atoms with E-state index >= 15 is 0 Å². The number of alkyl halides is 3. The monoisotopic (exact) mass is 413 g/mol. The van der Waals surface area contributed by atoms with Gasteiger partial charge in [0.2, 0.25) is 0 Å². The quantitative estimate of drug-likeness (QED) is 0.715. The van der Waals surface area contributed by atoms with Crippen LogP contribution in [0.3, 0.4) is 0 Å². The van der Waals surface area contributed by atoms with Crippen molar-refractivity contribution in [3.05, 3.63) is 84.5 Å². The van der Waals surface area contributed by atoms with Crippen LogP contribution in [0.2, 0.25) is 5.02 Å². The molecule has 1 heterocycles. The Labute approximate surface area is 159 Å². The summed E-state index contributed by atoms with van der Waals surface area (Å²) in [6, 6.07) is 8.23. The molecule has 0 bridgehead atoms. The predicted octanol–water partition coefficient (Wildman–Crippen LogP) is 2.69. The maximum Gasteiger partial charge on any atom is 0.416 e. The average molecular weight is 414 g/mol. The van der Waals surface area contributed by atoms with Crippen LogP contribution in [0.15, 0.2) is 56.8 Å². The van der Waals surface area contributed by atoms with Crippen molar-refractivity contribution >= 4 is 11.6 Å². The first kappa shape index (κ1) is 19.5. The molecule has 7 nitrogen and oxygen atoms in total. The van der Waals surface area contributed by atoms with E-state index in [-0.39, 0.29) is 22.2 Å². The first-order chi connectivity index (χ1) is 13.1. The van der Waals surface area contributed by atoms with E-state index in [1.54, 1.807) is 0 Å². The predicted molar refractivity (Wildman–Crippen MR) is 94.4 cm³/mol. The summed E-state index contributed by atoms with van der Waals surface area (Å²) in [4.78, 5) is 37.7. The lowest BCUT2D eigenvalue weighted by molar-refractivity contribution is -0.137. The lowest BCUT2D eigenvalue weighted by Crippen LogP contribution is -2.47. The number of halogens is 4. The lowest BCUT2D eigenvalue weighted by Gasteiger charge is -2.12. The standard InChI is InChI=1S/C17H11ClF3N3O4/c1-23-14(25)22-15(26)24(16(23)27)10-3-2-4-11(8-10)28-13-6-5-9(7-12(13)18)17(19,20)21/h2-8H,1H3,(H,22,25,26). The van der Waals surface area contributed by atoms with E-state index in [9.17, 15) is 27.6 Å². The Balaban J connectivity index is 2.00. The summed E-state index contributed by atoms with van der Waals surface area (Å²) in [5, 5.41) is -0.266. The Hall–Kier alpha value is -3.27. The molecule has 0 saturated heterocycles. The van der Waals surface area contributed by atoms with Gasteiger partial charge in [-0.2, -0.15) is 13.2 Å². The zero-order chi connectivity index (χ0) is 20.6. The average Bonchev–Trinajstić information content (AvgIpc) is 2.61. The summed E-state index contributed by atoms with van der Waals surface area (Å²) in [5.41, 5.74) is -3.53. The smallest absolute Gasteiger partial charge is 0.416 e. The summed E-state index contributed by atoms with van der Waals surface area (Å²) in [6.45, 7) is 0. The van der Waals surface area contributed by atoms with Gasteiger partial charge in [0.25, 0.3) is 0 Å². The fourth-order valence-electron chi connectivity index (χ4n) is 2.36. The first-order valence-corrected chi connectivity index (χ1v) is 8.03. The molecule has 3 aromatic rings. The van der Waals surface area contributed by atoms with E-state index in [2.05, 4.69) is 0 Å². The number of hydrogen-bond donors (Lipinski definition) is 1. The van der Waals surface area contributed by atoms with E-state index in [0.29, 0.717) is 9.13 Å². The van der Waals surface area contributed by atoms with Gasteiger partial charge in [0, 0.05) is 13.1 Å². The fourth-order valence-corrected chi connectivity index (χ4v) is 2.57. The second-order valence-electron chi connectivity index (χ2n) is 5.65. The van der Waals surface area contributed by atoms with Gasteiger partial charge in [-0.05, 0) is 30.3 Å². The molecule has 2 aromatic carbocycles. The van der Waals surface area contributed by atoms with Gasteiger partial charge < -0.3 is 4.74 Å². The molecule has 146 valence electrons. The molecule has 0 aliphatic heterocycles. The van der Waals surface area contributed by atoms with E-state index in [1.165, 1.54) is 31.3 Å². The van der Waals surface area contributed by atoms with Crippen LogP contribution in [-0.4, -0.2) is 14.1 Å². The molecule has 3 rings (SSSR count). The maximum atomic E-state index is 12.7. The number of H-pyrrole nitrogens is 1. The van der Waals surface area contributed by atoms with E-state index < -0.39 is 28.8 Å². The van der Waals surface area contributed by atoms with Gasteiger partial charge in [-0.25, -0.2) is 23.5 Å². The van der Waals surface area contributed by atoms with Gasteiger partial charge in [-0.15, -0.1) is 0 Å².